The minimum absolute atomic E-state index is 0.348. The Kier molecular flexibility index (Phi) is 5.30. The number of anilines is 1. The Morgan fingerprint density at radius 1 is 1.00 bits per heavy atom. The van der Waals surface area contributed by atoms with E-state index >= 15 is 0 Å². The number of imidazole rings is 1. The Morgan fingerprint density at radius 2 is 1.73 bits per heavy atom. The van der Waals surface area contributed by atoms with Crippen LogP contribution in [0.3, 0.4) is 0 Å². The molecule has 4 rings (SSSR count). The summed E-state index contributed by atoms with van der Waals surface area (Å²) in [6, 6.07) is 22.3. The van der Waals surface area contributed by atoms with Crippen LogP contribution in [-0.4, -0.2) is 27.9 Å². The zero-order valence-electron chi connectivity index (χ0n) is 16.7. The van der Waals surface area contributed by atoms with Gasteiger partial charge in [-0.2, -0.15) is 0 Å². The number of nitrogens with zero attached hydrogens (tertiary/aromatic N) is 1. The first-order valence-electron chi connectivity index (χ1n) is 9.64. The fourth-order valence-corrected chi connectivity index (χ4v) is 3.10. The molecule has 4 aromatic rings. The van der Waals surface area contributed by atoms with E-state index in [2.05, 4.69) is 15.3 Å². The summed E-state index contributed by atoms with van der Waals surface area (Å²) in [5, 5.41) is 2.79. The van der Waals surface area contributed by atoms with Gasteiger partial charge in [0.25, 0.3) is 5.91 Å². The molecule has 3 aromatic carbocycles. The highest BCUT2D eigenvalue weighted by Crippen LogP contribution is 2.22. The third-order valence-electron chi connectivity index (χ3n) is 4.82. The molecule has 1 atom stereocenters. The highest BCUT2D eigenvalue weighted by molar-refractivity contribution is 5.99. The van der Waals surface area contributed by atoms with Crippen molar-refractivity contribution in [3.63, 3.8) is 0 Å². The number of hydrogen-bond acceptors (Lipinski definition) is 4. The number of amides is 1. The number of ether oxygens (including phenoxy) is 1. The van der Waals surface area contributed by atoms with E-state index in [4.69, 9.17) is 4.74 Å². The molecule has 0 aliphatic carbocycles. The number of nitrogens with one attached hydrogen (secondary N) is 2. The molecule has 150 valence electrons. The summed E-state index contributed by atoms with van der Waals surface area (Å²) >= 11 is 0. The molecule has 0 aliphatic heterocycles. The van der Waals surface area contributed by atoms with Crippen LogP contribution in [-0.2, 0) is 9.53 Å². The van der Waals surface area contributed by atoms with E-state index in [-0.39, 0.29) is 5.91 Å². The van der Waals surface area contributed by atoms with E-state index in [1.54, 1.807) is 31.2 Å². The van der Waals surface area contributed by atoms with Gasteiger partial charge in [0.2, 0.25) is 0 Å². The lowest BCUT2D eigenvalue weighted by molar-refractivity contribution is -0.123. The van der Waals surface area contributed by atoms with Crippen molar-refractivity contribution in [3.05, 3.63) is 83.9 Å². The monoisotopic (exact) mass is 399 g/mol. The third kappa shape index (κ3) is 4.07. The number of fused-ring (bicyclic) bond motifs is 1. The van der Waals surface area contributed by atoms with Crippen molar-refractivity contribution in [2.24, 2.45) is 0 Å². The van der Waals surface area contributed by atoms with Crippen LogP contribution in [0.2, 0.25) is 0 Å². The molecule has 2 N–H and O–H groups in total. The van der Waals surface area contributed by atoms with E-state index in [1.807, 2.05) is 55.5 Å². The molecule has 1 heterocycles. The summed E-state index contributed by atoms with van der Waals surface area (Å²) in [4.78, 5) is 32.7. The fourth-order valence-electron chi connectivity index (χ4n) is 3.10. The fraction of sp³-hybridized carbons (Fsp3) is 0.125. The summed E-state index contributed by atoms with van der Waals surface area (Å²) in [7, 11) is 0. The number of rotatable bonds is 5. The van der Waals surface area contributed by atoms with E-state index in [0.717, 1.165) is 28.0 Å². The minimum Gasteiger partial charge on any atom is -0.449 e. The number of aryl methyl sites for hydroxylation is 1. The number of hydrogen-bond donors (Lipinski definition) is 2. The molecule has 1 unspecified atom stereocenters. The normalized spacial score (nSPS) is 11.8. The van der Waals surface area contributed by atoms with Crippen LogP contribution in [0.5, 0.6) is 0 Å². The first-order chi connectivity index (χ1) is 14.5. The summed E-state index contributed by atoms with van der Waals surface area (Å²) in [5.41, 5.74) is 4.40. The van der Waals surface area contributed by atoms with Gasteiger partial charge in [0.05, 0.1) is 16.6 Å². The van der Waals surface area contributed by atoms with Crippen LogP contribution in [0, 0.1) is 6.92 Å². The van der Waals surface area contributed by atoms with Gasteiger partial charge >= 0.3 is 5.97 Å². The van der Waals surface area contributed by atoms with Crippen molar-refractivity contribution < 1.29 is 14.3 Å². The van der Waals surface area contributed by atoms with Gasteiger partial charge < -0.3 is 15.0 Å². The molecule has 0 aliphatic rings. The summed E-state index contributed by atoms with van der Waals surface area (Å²) in [5.74, 6) is -0.228. The van der Waals surface area contributed by atoms with Gasteiger partial charge in [-0.3, -0.25) is 4.79 Å². The van der Waals surface area contributed by atoms with Crippen molar-refractivity contribution in [1.29, 1.82) is 0 Å². The number of carbonyl (C=O) groups is 2. The van der Waals surface area contributed by atoms with Crippen molar-refractivity contribution in [1.82, 2.24) is 9.97 Å². The van der Waals surface area contributed by atoms with E-state index in [9.17, 15) is 9.59 Å². The molecule has 6 heteroatoms. The Bertz CT molecular complexity index is 1210. The van der Waals surface area contributed by atoms with E-state index in [1.165, 1.54) is 0 Å². The maximum atomic E-state index is 12.6. The molecule has 0 saturated carbocycles. The largest absolute Gasteiger partial charge is 0.449 e. The van der Waals surface area contributed by atoms with Gasteiger partial charge in [-0.25, -0.2) is 9.78 Å². The predicted molar refractivity (Wildman–Crippen MR) is 116 cm³/mol. The quantitative estimate of drug-likeness (QED) is 0.476. The van der Waals surface area contributed by atoms with Gasteiger partial charge in [0.15, 0.2) is 6.10 Å². The van der Waals surface area contributed by atoms with Gasteiger partial charge in [-0.05, 0) is 43.7 Å². The average molecular weight is 399 g/mol. The average Bonchev–Trinajstić information content (AvgIpc) is 3.19. The Morgan fingerprint density at radius 3 is 2.50 bits per heavy atom. The van der Waals surface area contributed by atoms with Crippen LogP contribution in [0.1, 0.15) is 22.8 Å². The van der Waals surface area contributed by atoms with Crippen LogP contribution in [0.4, 0.5) is 5.69 Å². The van der Waals surface area contributed by atoms with E-state index in [0.29, 0.717) is 11.3 Å². The number of H-pyrrole nitrogens is 1. The number of benzene rings is 3. The Hall–Kier alpha value is -3.93. The van der Waals surface area contributed by atoms with Crippen LogP contribution < -0.4 is 5.32 Å². The standard InChI is InChI=1S/C24H21N3O3/c1-15-8-6-7-11-19(15)27-23(28)16(2)30-24(29)18-12-13-20-21(14-18)26-22(25-20)17-9-4-3-5-10-17/h3-14,16H,1-2H3,(H,25,26)(H,27,28). The predicted octanol–water partition coefficient (Wildman–Crippen LogP) is 4.72. The first kappa shape index (κ1) is 19.4. The van der Waals surface area contributed by atoms with Crippen LogP contribution in [0.25, 0.3) is 22.4 Å². The highest BCUT2D eigenvalue weighted by Gasteiger charge is 2.20. The smallest absolute Gasteiger partial charge is 0.338 e. The van der Waals surface area contributed by atoms with E-state index < -0.39 is 12.1 Å². The zero-order chi connectivity index (χ0) is 21.1. The number of aromatic amines is 1. The summed E-state index contributed by atoms with van der Waals surface area (Å²) in [6.07, 6.45) is -0.936. The molecule has 0 spiro atoms. The van der Waals surface area contributed by atoms with Crippen molar-refractivity contribution in [2.75, 3.05) is 5.32 Å². The number of aromatic nitrogens is 2. The number of para-hydroxylation sites is 1. The third-order valence-corrected chi connectivity index (χ3v) is 4.82. The lowest BCUT2D eigenvalue weighted by atomic mass is 10.2. The molecular weight excluding hydrogens is 378 g/mol. The lowest BCUT2D eigenvalue weighted by Gasteiger charge is -2.14. The number of carbonyl (C=O) groups excluding carboxylic acids is 2. The second kappa shape index (κ2) is 8.21. The lowest BCUT2D eigenvalue weighted by Crippen LogP contribution is -2.30. The van der Waals surface area contributed by atoms with Gasteiger partial charge in [0, 0.05) is 11.3 Å². The minimum atomic E-state index is -0.936. The first-order valence-corrected chi connectivity index (χ1v) is 9.64. The SMILES string of the molecule is Cc1ccccc1NC(=O)C(C)OC(=O)c1ccc2nc(-c3ccccc3)[nH]c2c1. The molecule has 0 bridgehead atoms. The maximum absolute atomic E-state index is 12.6. The second-order valence-electron chi connectivity index (χ2n) is 7.04. The number of esters is 1. The molecule has 6 nitrogen and oxygen atoms in total. The van der Waals surface area contributed by atoms with Gasteiger partial charge in [-0.1, -0.05) is 48.5 Å². The molecule has 0 radical (unpaired) electrons. The molecule has 30 heavy (non-hydrogen) atoms. The molecular formula is C24H21N3O3. The molecule has 0 saturated heterocycles. The van der Waals surface area contributed by atoms with Crippen LogP contribution in [0.15, 0.2) is 72.8 Å². The topological polar surface area (TPSA) is 84.1 Å². The van der Waals surface area contributed by atoms with Gasteiger partial charge in [0.1, 0.15) is 5.82 Å². The molecule has 1 aromatic heterocycles. The Balaban J connectivity index is 1.47. The second-order valence-corrected chi connectivity index (χ2v) is 7.04. The molecule has 0 fully saturated rings. The van der Waals surface area contributed by atoms with Crippen LogP contribution >= 0.6 is 0 Å². The van der Waals surface area contributed by atoms with Crippen molar-refractivity contribution in [3.8, 4) is 11.4 Å². The molecule has 1 amide bonds. The zero-order valence-corrected chi connectivity index (χ0v) is 16.7. The van der Waals surface area contributed by atoms with Crippen molar-refractivity contribution in [2.45, 2.75) is 20.0 Å². The Labute approximate surface area is 173 Å². The van der Waals surface area contributed by atoms with Crippen molar-refractivity contribution >= 4 is 28.6 Å². The summed E-state index contributed by atoms with van der Waals surface area (Å²) in [6.45, 7) is 3.45. The highest BCUT2D eigenvalue weighted by atomic mass is 16.5. The van der Waals surface area contributed by atoms with Gasteiger partial charge in [-0.15, -0.1) is 0 Å². The maximum Gasteiger partial charge on any atom is 0.338 e. The summed E-state index contributed by atoms with van der Waals surface area (Å²) < 4.78 is 5.37.